The molecule has 2 N–H and O–H groups in total. The fraction of sp³-hybridized carbons (Fsp3) is 0.800. The van der Waals surface area contributed by atoms with Crippen LogP contribution in [-0.4, -0.2) is 61.0 Å². The molecule has 0 aliphatic carbocycles. The molecule has 2 heterocycles. The average Bonchev–Trinajstić information content (AvgIpc) is 2.12. The summed E-state index contributed by atoms with van der Waals surface area (Å²) in [6.45, 7) is 6.17. The Balaban J connectivity index is 0.000000224. The highest BCUT2D eigenvalue weighted by molar-refractivity contribution is 5.73. The predicted octanol–water partition coefficient (Wildman–Crippen LogP) is 0.681. The average molecular weight is 284 g/mol. The molecule has 0 radical (unpaired) electrons. The van der Waals surface area contributed by atoms with Crippen LogP contribution in [0.2, 0.25) is 0 Å². The maximum absolute atomic E-state index is 11.1. The summed E-state index contributed by atoms with van der Waals surface area (Å²) in [6.07, 6.45) is -5.24. The number of hydrogen-bond acceptors (Lipinski definition) is 4. The van der Waals surface area contributed by atoms with Crippen molar-refractivity contribution in [2.75, 3.05) is 32.8 Å². The molecule has 9 heteroatoms. The molecule has 2 rings (SSSR count). The number of nitrogens with one attached hydrogen (secondary N) is 1. The van der Waals surface area contributed by atoms with Crippen LogP contribution in [0.5, 0.6) is 0 Å². The summed E-state index contributed by atoms with van der Waals surface area (Å²) in [7, 11) is 0. The van der Waals surface area contributed by atoms with Crippen LogP contribution < -0.4 is 5.32 Å². The third-order valence-corrected chi connectivity index (χ3v) is 2.82. The van der Waals surface area contributed by atoms with E-state index in [4.69, 9.17) is 14.6 Å². The Kier molecular flexibility index (Phi) is 4.61. The number of halogens is 3. The van der Waals surface area contributed by atoms with Crippen molar-refractivity contribution in [2.45, 2.75) is 13.1 Å². The second kappa shape index (κ2) is 5.64. The minimum Gasteiger partial charge on any atom is -0.475 e. The molecular weight excluding hydrogens is 269 g/mol. The van der Waals surface area contributed by atoms with Crippen LogP contribution >= 0.6 is 0 Å². The Morgan fingerprint density at radius 2 is 1.84 bits per heavy atom. The van der Waals surface area contributed by atoms with Gasteiger partial charge in [0.15, 0.2) is 0 Å². The first-order valence-corrected chi connectivity index (χ1v) is 5.63. The molecular formula is C10H15F3N2O4. The van der Waals surface area contributed by atoms with Crippen molar-refractivity contribution >= 4 is 12.1 Å². The molecule has 2 fully saturated rings. The lowest BCUT2D eigenvalue weighted by atomic mass is 9.75. The number of amides is 1. The second-order valence-corrected chi connectivity index (χ2v) is 4.46. The lowest BCUT2D eigenvalue weighted by Gasteiger charge is -2.55. The van der Waals surface area contributed by atoms with Gasteiger partial charge in [-0.05, 0) is 6.92 Å². The monoisotopic (exact) mass is 284 g/mol. The Morgan fingerprint density at radius 1 is 1.37 bits per heavy atom. The molecule has 2 aliphatic heterocycles. The molecule has 1 spiro atoms. The number of nitrogens with zero attached hydrogens (tertiary/aromatic N) is 1. The van der Waals surface area contributed by atoms with Gasteiger partial charge in [0.2, 0.25) is 0 Å². The molecule has 0 aromatic heterocycles. The SMILES string of the molecule is CCOC(=O)N1CC2(CNC2)C1.O=C(O)C(F)(F)F. The van der Waals surface area contributed by atoms with Gasteiger partial charge in [-0.1, -0.05) is 0 Å². The zero-order chi connectivity index (χ0) is 14.7. The Labute approximate surface area is 107 Å². The molecule has 0 aromatic carbocycles. The van der Waals surface area contributed by atoms with Crippen LogP contribution in [0.15, 0.2) is 0 Å². The standard InChI is InChI=1S/C8H14N2O2.C2HF3O2/c1-2-12-7(11)10-5-8(6-10)3-9-4-8;3-2(4,5)1(6)7/h9H,2-6H2,1H3;(H,6,7). The highest BCUT2D eigenvalue weighted by atomic mass is 19.4. The van der Waals surface area contributed by atoms with E-state index >= 15 is 0 Å². The molecule has 1 amide bonds. The van der Waals surface area contributed by atoms with E-state index in [2.05, 4.69) is 5.32 Å². The Morgan fingerprint density at radius 3 is 2.11 bits per heavy atom. The minimum absolute atomic E-state index is 0.157. The maximum Gasteiger partial charge on any atom is 0.490 e. The van der Waals surface area contributed by atoms with E-state index in [0.29, 0.717) is 12.0 Å². The van der Waals surface area contributed by atoms with Crippen molar-refractivity contribution in [2.24, 2.45) is 5.41 Å². The quantitative estimate of drug-likeness (QED) is 0.740. The van der Waals surface area contributed by atoms with Gasteiger partial charge in [0, 0.05) is 31.6 Å². The van der Waals surface area contributed by atoms with Gasteiger partial charge in [0.25, 0.3) is 0 Å². The van der Waals surface area contributed by atoms with Crippen LogP contribution in [-0.2, 0) is 9.53 Å². The third kappa shape index (κ3) is 3.98. The molecule has 0 aromatic rings. The molecule has 2 aliphatic rings. The lowest BCUT2D eigenvalue weighted by Crippen LogP contribution is -2.71. The van der Waals surface area contributed by atoms with Crippen molar-refractivity contribution in [3.05, 3.63) is 0 Å². The number of carbonyl (C=O) groups is 2. The number of hydrogen-bond donors (Lipinski definition) is 2. The van der Waals surface area contributed by atoms with E-state index in [1.807, 2.05) is 6.92 Å². The van der Waals surface area contributed by atoms with Gasteiger partial charge in [-0.15, -0.1) is 0 Å². The minimum atomic E-state index is -5.08. The molecule has 0 saturated carbocycles. The zero-order valence-electron chi connectivity index (χ0n) is 10.3. The molecule has 2 saturated heterocycles. The zero-order valence-corrected chi connectivity index (χ0v) is 10.3. The van der Waals surface area contributed by atoms with Crippen molar-refractivity contribution in [3.63, 3.8) is 0 Å². The van der Waals surface area contributed by atoms with Gasteiger partial charge in [-0.2, -0.15) is 13.2 Å². The van der Waals surface area contributed by atoms with E-state index in [-0.39, 0.29) is 6.09 Å². The first kappa shape index (κ1) is 15.5. The van der Waals surface area contributed by atoms with E-state index in [0.717, 1.165) is 26.2 Å². The Hall–Kier alpha value is -1.51. The summed E-state index contributed by atoms with van der Waals surface area (Å²) in [5.74, 6) is -2.76. The molecule has 0 unspecified atom stereocenters. The number of alkyl halides is 3. The summed E-state index contributed by atoms with van der Waals surface area (Å²) in [6, 6.07) is 0. The molecule has 0 bridgehead atoms. The molecule has 110 valence electrons. The van der Waals surface area contributed by atoms with Gasteiger partial charge in [0.05, 0.1) is 6.61 Å². The van der Waals surface area contributed by atoms with Gasteiger partial charge in [0.1, 0.15) is 0 Å². The number of likely N-dealkylation sites (tertiary alicyclic amines) is 1. The van der Waals surface area contributed by atoms with Gasteiger partial charge < -0.3 is 20.1 Å². The highest BCUT2D eigenvalue weighted by Crippen LogP contribution is 2.34. The van der Waals surface area contributed by atoms with E-state index in [9.17, 15) is 18.0 Å². The van der Waals surface area contributed by atoms with Gasteiger partial charge in [-0.25, -0.2) is 9.59 Å². The van der Waals surface area contributed by atoms with Crippen LogP contribution in [0.4, 0.5) is 18.0 Å². The number of rotatable bonds is 1. The van der Waals surface area contributed by atoms with Crippen LogP contribution in [0, 0.1) is 5.41 Å². The molecule has 0 atom stereocenters. The summed E-state index contributed by atoms with van der Waals surface area (Å²) >= 11 is 0. The number of aliphatic carboxylic acids is 1. The summed E-state index contributed by atoms with van der Waals surface area (Å²) in [5, 5.41) is 10.3. The lowest BCUT2D eigenvalue weighted by molar-refractivity contribution is -0.192. The van der Waals surface area contributed by atoms with Crippen molar-refractivity contribution in [1.29, 1.82) is 0 Å². The third-order valence-electron chi connectivity index (χ3n) is 2.82. The normalized spacial score (nSPS) is 19.7. The summed E-state index contributed by atoms with van der Waals surface area (Å²) in [5.41, 5.74) is 0.409. The second-order valence-electron chi connectivity index (χ2n) is 4.46. The number of carboxylic acids is 1. The van der Waals surface area contributed by atoms with Crippen molar-refractivity contribution in [1.82, 2.24) is 10.2 Å². The number of carbonyl (C=O) groups excluding carboxylic acids is 1. The van der Waals surface area contributed by atoms with E-state index in [1.165, 1.54) is 0 Å². The van der Waals surface area contributed by atoms with Crippen LogP contribution in [0.25, 0.3) is 0 Å². The smallest absolute Gasteiger partial charge is 0.475 e. The topological polar surface area (TPSA) is 78.9 Å². The van der Waals surface area contributed by atoms with E-state index in [1.54, 1.807) is 4.90 Å². The van der Waals surface area contributed by atoms with Crippen molar-refractivity contribution < 1.29 is 32.6 Å². The van der Waals surface area contributed by atoms with E-state index < -0.39 is 12.1 Å². The molecule has 6 nitrogen and oxygen atoms in total. The van der Waals surface area contributed by atoms with Gasteiger partial charge >= 0.3 is 18.2 Å². The predicted molar refractivity (Wildman–Crippen MR) is 57.6 cm³/mol. The Bertz CT molecular complexity index is 347. The van der Waals surface area contributed by atoms with Gasteiger partial charge in [-0.3, -0.25) is 0 Å². The molecule has 19 heavy (non-hydrogen) atoms. The van der Waals surface area contributed by atoms with Crippen LogP contribution in [0.1, 0.15) is 6.92 Å². The first-order chi connectivity index (χ1) is 8.70. The summed E-state index contributed by atoms with van der Waals surface area (Å²) < 4.78 is 36.6. The fourth-order valence-corrected chi connectivity index (χ4v) is 1.81. The summed E-state index contributed by atoms with van der Waals surface area (Å²) in [4.78, 5) is 21.8. The first-order valence-electron chi connectivity index (χ1n) is 5.63. The fourth-order valence-electron chi connectivity index (χ4n) is 1.81. The van der Waals surface area contributed by atoms with Crippen LogP contribution in [0.3, 0.4) is 0 Å². The number of carboxylic acid groups (broad SMARTS) is 1. The largest absolute Gasteiger partial charge is 0.490 e. The van der Waals surface area contributed by atoms with Crippen molar-refractivity contribution in [3.8, 4) is 0 Å². The maximum atomic E-state index is 11.1. The number of ether oxygens (including phenoxy) is 1. The highest BCUT2D eigenvalue weighted by Gasteiger charge is 2.49.